The number of amides is 1. The Balaban J connectivity index is 1.38. The molecule has 27 heavy (non-hydrogen) atoms. The first-order valence-corrected chi connectivity index (χ1v) is 8.93. The molecule has 1 aliphatic rings. The van der Waals surface area contributed by atoms with Crippen LogP contribution in [0.15, 0.2) is 49.1 Å². The second-order valence-corrected chi connectivity index (χ2v) is 6.88. The van der Waals surface area contributed by atoms with Gasteiger partial charge in [0.25, 0.3) is 5.91 Å². The van der Waals surface area contributed by atoms with Gasteiger partial charge in [0.05, 0.1) is 11.9 Å². The van der Waals surface area contributed by atoms with Crippen LogP contribution >= 0.6 is 0 Å². The van der Waals surface area contributed by atoms with Crippen molar-refractivity contribution in [1.29, 1.82) is 0 Å². The molecule has 0 N–H and O–H groups in total. The van der Waals surface area contributed by atoms with Crippen molar-refractivity contribution in [2.24, 2.45) is 13.0 Å². The van der Waals surface area contributed by atoms with E-state index in [1.165, 1.54) is 12.1 Å². The number of rotatable bonds is 4. The molecule has 1 aliphatic heterocycles. The average molecular weight is 365 g/mol. The number of aromatic nitrogens is 4. The number of carbonyl (C=O) groups excluding carboxylic acids is 1. The zero-order chi connectivity index (χ0) is 18.8. The fourth-order valence-electron chi connectivity index (χ4n) is 3.47. The number of benzene rings is 1. The van der Waals surface area contributed by atoms with Gasteiger partial charge < -0.3 is 9.47 Å². The molecule has 1 amide bonds. The van der Waals surface area contributed by atoms with Crippen molar-refractivity contribution < 1.29 is 9.18 Å². The van der Waals surface area contributed by atoms with Crippen LogP contribution in [0.5, 0.6) is 0 Å². The zero-order valence-electron chi connectivity index (χ0n) is 15.0. The molecule has 1 unspecified atom stereocenters. The first-order chi connectivity index (χ1) is 13.1. The smallest absolute Gasteiger partial charge is 0.253 e. The van der Waals surface area contributed by atoms with Crippen molar-refractivity contribution in [3.05, 3.63) is 66.1 Å². The van der Waals surface area contributed by atoms with Crippen molar-refractivity contribution in [2.45, 2.75) is 12.8 Å². The maximum absolute atomic E-state index is 13.3. The van der Waals surface area contributed by atoms with Crippen LogP contribution in [0.3, 0.4) is 0 Å². The summed E-state index contributed by atoms with van der Waals surface area (Å²) in [4.78, 5) is 27.6. The van der Waals surface area contributed by atoms with E-state index in [1.807, 2.05) is 17.8 Å². The summed E-state index contributed by atoms with van der Waals surface area (Å²) in [6, 6.07) is 5.85. The largest absolute Gasteiger partial charge is 0.338 e. The minimum atomic E-state index is -0.389. The molecule has 3 aromatic rings. The minimum absolute atomic E-state index is 0.117. The van der Waals surface area contributed by atoms with E-state index in [1.54, 1.807) is 35.6 Å². The highest BCUT2D eigenvalue weighted by molar-refractivity contribution is 5.94. The van der Waals surface area contributed by atoms with Gasteiger partial charge in [0.2, 0.25) is 0 Å². The highest BCUT2D eigenvalue weighted by Gasteiger charge is 2.27. The molecule has 7 heteroatoms. The van der Waals surface area contributed by atoms with Gasteiger partial charge in [0, 0.05) is 44.3 Å². The molecule has 0 bridgehead atoms. The molecule has 0 aliphatic carbocycles. The Bertz CT molecular complexity index is 953. The molecule has 1 atom stereocenters. The van der Waals surface area contributed by atoms with Gasteiger partial charge in [-0.05, 0) is 37.0 Å². The van der Waals surface area contributed by atoms with Crippen LogP contribution < -0.4 is 0 Å². The Hall–Kier alpha value is -3.09. The van der Waals surface area contributed by atoms with Gasteiger partial charge in [-0.25, -0.2) is 14.4 Å². The predicted octanol–water partition coefficient (Wildman–Crippen LogP) is 2.72. The molecule has 0 radical (unpaired) electrons. The summed E-state index contributed by atoms with van der Waals surface area (Å²) in [7, 11) is 1.92. The number of nitrogens with zero attached hydrogens (tertiary/aromatic N) is 5. The highest BCUT2D eigenvalue weighted by atomic mass is 19.1. The monoisotopic (exact) mass is 365 g/mol. The number of hydrogen-bond acceptors (Lipinski definition) is 4. The van der Waals surface area contributed by atoms with Crippen LogP contribution in [0.1, 0.15) is 22.5 Å². The van der Waals surface area contributed by atoms with Crippen LogP contribution in [0.4, 0.5) is 4.39 Å². The van der Waals surface area contributed by atoms with Crippen LogP contribution in [-0.2, 0) is 13.5 Å². The summed E-state index contributed by atoms with van der Waals surface area (Å²) in [5.74, 6) is 0.602. The number of aryl methyl sites for hydroxylation is 1. The second-order valence-electron chi connectivity index (χ2n) is 6.88. The van der Waals surface area contributed by atoms with E-state index >= 15 is 0 Å². The summed E-state index contributed by atoms with van der Waals surface area (Å²) >= 11 is 0. The molecule has 1 fully saturated rings. The van der Waals surface area contributed by atoms with Gasteiger partial charge >= 0.3 is 0 Å². The summed E-state index contributed by atoms with van der Waals surface area (Å²) < 4.78 is 15.2. The number of carbonyl (C=O) groups is 1. The van der Waals surface area contributed by atoms with Crippen molar-refractivity contribution in [3.8, 4) is 11.5 Å². The molecule has 1 aromatic carbocycles. The zero-order valence-corrected chi connectivity index (χ0v) is 15.0. The number of halogens is 1. The first-order valence-electron chi connectivity index (χ1n) is 8.93. The van der Waals surface area contributed by atoms with Gasteiger partial charge in [-0.3, -0.25) is 9.78 Å². The molecule has 0 spiro atoms. The van der Waals surface area contributed by atoms with Gasteiger partial charge in [-0.2, -0.15) is 0 Å². The molecule has 3 heterocycles. The second kappa shape index (κ2) is 7.26. The third kappa shape index (κ3) is 3.72. The molecule has 0 saturated carbocycles. The van der Waals surface area contributed by atoms with Crippen LogP contribution in [-0.4, -0.2) is 43.4 Å². The standard InChI is InChI=1S/C20H20FN5O/c1-25-8-6-22-19(25)18-12-23-17(11-24-18)9-14-5-7-26(13-14)20(27)15-3-2-4-16(21)10-15/h2-4,6,8,10-12,14H,5,7,9,13H2,1H3. The molecular formula is C20H20FN5O. The van der Waals surface area contributed by atoms with Gasteiger partial charge in [0.15, 0.2) is 5.82 Å². The Kier molecular flexibility index (Phi) is 4.66. The molecule has 138 valence electrons. The maximum Gasteiger partial charge on any atom is 0.253 e. The minimum Gasteiger partial charge on any atom is -0.338 e. The average Bonchev–Trinajstić information content (AvgIpc) is 3.31. The third-order valence-electron chi connectivity index (χ3n) is 4.90. The van der Waals surface area contributed by atoms with Gasteiger partial charge in [0.1, 0.15) is 11.5 Å². The van der Waals surface area contributed by atoms with Crippen LogP contribution in [0.25, 0.3) is 11.5 Å². The van der Waals surface area contributed by atoms with Crippen molar-refractivity contribution in [2.75, 3.05) is 13.1 Å². The van der Waals surface area contributed by atoms with Crippen molar-refractivity contribution in [1.82, 2.24) is 24.4 Å². The lowest BCUT2D eigenvalue weighted by atomic mass is 10.0. The summed E-state index contributed by atoms with van der Waals surface area (Å²) in [6.45, 7) is 1.33. The molecule has 6 nitrogen and oxygen atoms in total. The fourth-order valence-corrected chi connectivity index (χ4v) is 3.47. The van der Waals surface area contributed by atoms with E-state index in [9.17, 15) is 9.18 Å². The molecule has 2 aromatic heterocycles. The Labute approximate surface area is 156 Å². The lowest BCUT2D eigenvalue weighted by Gasteiger charge is -2.16. The lowest BCUT2D eigenvalue weighted by molar-refractivity contribution is 0.0786. The molecular weight excluding hydrogens is 345 g/mol. The lowest BCUT2D eigenvalue weighted by Crippen LogP contribution is -2.29. The first kappa shape index (κ1) is 17.3. The topological polar surface area (TPSA) is 63.9 Å². The normalized spacial score (nSPS) is 16.7. The van der Waals surface area contributed by atoms with Crippen LogP contribution in [0, 0.1) is 11.7 Å². The SMILES string of the molecule is Cn1ccnc1-c1cnc(CC2CCN(C(=O)c3cccc(F)c3)C2)cn1. The Morgan fingerprint density at radius 3 is 2.85 bits per heavy atom. The third-order valence-corrected chi connectivity index (χ3v) is 4.90. The van der Waals surface area contributed by atoms with Gasteiger partial charge in [-0.1, -0.05) is 6.07 Å². The molecule has 4 rings (SSSR count). The Morgan fingerprint density at radius 1 is 1.26 bits per heavy atom. The Morgan fingerprint density at radius 2 is 2.15 bits per heavy atom. The summed E-state index contributed by atoms with van der Waals surface area (Å²) in [5, 5.41) is 0. The van der Waals surface area contributed by atoms with Crippen molar-refractivity contribution >= 4 is 5.91 Å². The highest BCUT2D eigenvalue weighted by Crippen LogP contribution is 2.22. The van der Waals surface area contributed by atoms with Crippen LogP contribution in [0.2, 0.25) is 0 Å². The van der Waals surface area contributed by atoms with E-state index in [0.29, 0.717) is 24.6 Å². The summed E-state index contributed by atoms with van der Waals surface area (Å²) in [5.41, 5.74) is 2.04. The fraction of sp³-hybridized carbons (Fsp3) is 0.300. The van der Waals surface area contributed by atoms with E-state index < -0.39 is 0 Å². The van der Waals surface area contributed by atoms with E-state index in [0.717, 1.165) is 30.1 Å². The van der Waals surface area contributed by atoms with E-state index in [2.05, 4.69) is 15.0 Å². The van der Waals surface area contributed by atoms with E-state index in [-0.39, 0.29) is 11.7 Å². The quantitative estimate of drug-likeness (QED) is 0.713. The van der Waals surface area contributed by atoms with Crippen molar-refractivity contribution in [3.63, 3.8) is 0 Å². The van der Waals surface area contributed by atoms with E-state index in [4.69, 9.17) is 0 Å². The number of imidazole rings is 1. The van der Waals surface area contributed by atoms with Gasteiger partial charge in [-0.15, -0.1) is 0 Å². The molecule has 1 saturated heterocycles. The number of likely N-dealkylation sites (tertiary alicyclic amines) is 1. The predicted molar refractivity (Wildman–Crippen MR) is 98.3 cm³/mol. The number of hydrogen-bond donors (Lipinski definition) is 0. The summed E-state index contributed by atoms with van der Waals surface area (Å²) in [6.07, 6.45) is 8.79. The maximum atomic E-state index is 13.3.